The van der Waals surface area contributed by atoms with E-state index < -0.39 is 0 Å². The zero-order valence-corrected chi connectivity index (χ0v) is 16.1. The molecule has 0 spiro atoms. The van der Waals surface area contributed by atoms with Gasteiger partial charge in [-0.25, -0.2) is 15.0 Å². The number of imidazole rings is 1. The first-order valence-corrected chi connectivity index (χ1v) is 9.57. The van der Waals surface area contributed by atoms with Crippen LogP contribution in [0.2, 0.25) is 5.02 Å². The second-order valence-electron chi connectivity index (χ2n) is 6.67. The minimum atomic E-state index is -0.326. The van der Waals surface area contributed by atoms with Gasteiger partial charge in [0.1, 0.15) is 16.9 Å². The van der Waals surface area contributed by atoms with E-state index in [1.807, 2.05) is 30.3 Å². The minimum Gasteiger partial charge on any atom is -0.365 e. The predicted molar refractivity (Wildman–Crippen MR) is 111 cm³/mol. The van der Waals surface area contributed by atoms with E-state index in [-0.39, 0.29) is 10.6 Å². The number of H-pyrrole nitrogens is 1. The molecule has 0 saturated carbocycles. The van der Waals surface area contributed by atoms with Crippen molar-refractivity contribution >= 4 is 34.3 Å². The summed E-state index contributed by atoms with van der Waals surface area (Å²) in [5.74, 6) is 0.830. The highest BCUT2D eigenvalue weighted by molar-refractivity contribution is 6.33. The number of piperazine rings is 1. The molecule has 4 aromatic rings. The van der Waals surface area contributed by atoms with Gasteiger partial charge < -0.3 is 14.8 Å². The van der Waals surface area contributed by atoms with E-state index in [0.29, 0.717) is 30.1 Å². The lowest BCUT2D eigenvalue weighted by Crippen LogP contribution is -2.47. The molecule has 9 nitrogen and oxygen atoms in total. The Hall–Kier alpha value is -3.46. The van der Waals surface area contributed by atoms with Gasteiger partial charge in [0.05, 0.1) is 23.9 Å². The lowest BCUT2D eigenvalue weighted by molar-refractivity contribution is 0.644. The molecule has 1 N–H and O–H groups in total. The van der Waals surface area contributed by atoms with Crippen LogP contribution in [0.25, 0.3) is 16.9 Å². The highest BCUT2D eigenvalue weighted by Gasteiger charge is 2.23. The quantitative estimate of drug-likeness (QED) is 0.552. The average Bonchev–Trinajstić information content (AvgIpc) is 3.25. The number of aromatic nitrogens is 6. The van der Waals surface area contributed by atoms with Crippen LogP contribution in [-0.4, -0.2) is 55.9 Å². The molecule has 4 heterocycles. The van der Waals surface area contributed by atoms with Crippen molar-refractivity contribution in [3.05, 3.63) is 64.6 Å². The fraction of sp³-hybridized carbons (Fsp3) is 0.211. The van der Waals surface area contributed by atoms with Crippen molar-refractivity contribution in [1.82, 2.24) is 29.7 Å². The molecule has 3 aromatic heterocycles. The van der Waals surface area contributed by atoms with Crippen molar-refractivity contribution in [2.24, 2.45) is 0 Å². The Kier molecular flexibility index (Phi) is 4.36. The number of nitrogens with zero attached hydrogens (tertiary/aromatic N) is 7. The summed E-state index contributed by atoms with van der Waals surface area (Å²) in [4.78, 5) is 32.8. The zero-order chi connectivity index (χ0) is 19.8. The molecular weight excluding hydrogens is 392 g/mol. The second-order valence-corrected chi connectivity index (χ2v) is 7.05. The summed E-state index contributed by atoms with van der Waals surface area (Å²) in [5.41, 5.74) is 2.48. The number of aromatic amines is 1. The van der Waals surface area contributed by atoms with E-state index in [9.17, 15) is 4.79 Å². The summed E-state index contributed by atoms with van der Waals surface area (Å²) in [7, 11) is 0. The Morgan fingerprint density at radius 3 is 2.52 bits per heavy atom. The molecule has 0 atom stereocenters. The third-order valence-corrected chi connectivity index (χ3v) is 5.38. The number of hydrogen-bond donors (Lipinski definition) is 1. The van der Waals surface area contributed by atoms with Crippen LogP contribution in [0.3, 0.4) is 0 Å². The van der Waals surface area contributed by atoms with Crippen molar-refractivity contribution in [1.29, 1.82) is 0 Å². The topological polar surface area (TPSA) is 95.8 Å². The highest BCUT2D eigenvalue weighted by atomic mass is 35.5. The molecule has 146 valence electrons. The van der Waals surface area contributed by atoms with Crippen LogP contribution in [0.4, 0.5) is 11.5 Å². The van der Waals surface area contributed by atoms with E-state index in [1.54, 1.807) is 12.5 Å². The lowest BCUT2D eigenvalue weighted by Gasteiger charge is -2.36. The highest BCUT2D eigenvalue weighted by Crippen LogP contribution is 2.26. The first kappa shape index (κ1) is 17.6. The number of hydrogen-bond acceptors (Lipinski definition) is 7. The molecule has 1 fully saturated rings. The van der Waals surface area contributed by atoms with Gasteiger partial charge in [0.15, 0.2) is 11.5 Å². The number of nitrogens with one attached hydrogen (secondary N) is 1. The minimum absolute atomic E-state index is 0.176. The Balaban J connectivity index is 1.38. The molecule has 1 aliphatic heterocycles. The van der Waals surface area contributed by atoms with Crippen molar-refractivity contribution < 1.29 is 0 Å². The monoisotopic (exact) mass is 408 g/mol. The third kappa shape index (κ3) is 3.09. The fourth-order valence-electron chi connectivity index (χ4n) is 3.55. The smallest absolute Gasteiger partial charge is 0.292 e. The maximum atomic E-state index is 12.7. The number of halogens is 1. The predicted octanol–water partition coefficient (Wildman–Crippen LogP) is 1.88. The Morgan fingerprint density at radius 2 is 1.72 bits per heavy atom. The Labute approximate surface area is 170 Å². The van der Waals surface area contributed by atoms with Crippen molar-refractivity contribution in [3.63, 3.8) is 0 Å². The Bertz CT molecular complexity index is 1210. The van der Waals surface area contributed by atoms with Crippen LogP contribution in [0.1, 0.15) is 0 Å². The summed E-state index contributed by atoms with van der Waals surface area (Å²) in [6, 6.07) is 9.24. The molecule has 0 aliphatic carbocycles. The first-order chi connectivity index (χ1) is 14.2. The van der Waals surface area contributed by atoms with Crippen molar-refractivity contribution in [3.8, 4) is 5.69 Å². The van der Waals surface area contributed by atoms with Gasteiger partial charge >= 0.3 is 0 Å². The van der Waals surface area contributed by atoms with Gasteiger partial charge in [-0.2, -0.15) is 9.78 Å². The van der Waals surface area contributed by atoms with Gasteiger partial charge in [0, 0.05) is 26.2 Å². The van der Waals surface area contributed by atoms with Crippen LogP contribution in [0.15, 0.2) is 54.0 Å². The third-order valence-electron chi connectivity index (χ3n) is 5.02. The number of benzene rings is 1. The van der Waals surface area contributed by atoms with Crippen LogP contribution in [0, 0.1) is 0 Å². The van der Waals surface area contributed by atoms with Crippen LogP contribution >= 0.6 is 11.6 Å². The van der Waals surface area contributed by atoms with Gasteiger partial charge in [-0.3, -0.25) is 4.79 Å². The molecule has 5 rings (SSSR count). The summed E-state index contributed by atoms with van der Waals surface area (Å²) >= 11 is 6.44. The van der Waals surface area contributed by atoms with E-state index in [1.165, 1.54) is 11.0 Å². The Morgan fingerprint density at radius 1 is 0.966 bits per heavy atom. The molecular formula is C19H17ClN8O. The van der Waals surface area contributed by atoms with Gasteiger partial charge in [0.25, 0.3) is 5.56 Å². The summed E-state index contributed by atoms with van der Waals surface area (Å²) in [6.07, 6.45) is 4.80. The van der Waals surface area contributed by atoms with Crippen LogP contribution in [0.5, 0.6) is 0 Å². The molecule has 29 heavy (non-hydrogen) atoms. The zero-order valence-electron chi connectivity index (χ0n) is 15.4. The van der Waals surface area contributed by atoms with Crippen LogP contribution in [-0.2, 0) is 0 Å². The maximum Gasteiger partial charge on any atom is 0.292 e. The molecule has 1 aliphatic rings. The van der Waals surface area contributed by atoms with Gasteiger partial charge in [-0.05, 0) is 12.1 Å². The molecule has 0 radical (unpaired) electrons. The average molecular weight is 409 g/mol. The van der Waals surface area contributed by atoms with E-state index in [2.05, 4.69) is 34.8 Å². The number of anilines is 2. The number of fused-ring (bicyclic) bond motifs is 1. The number of para-hydroxylation sites is 1. The molecule has 0 amide bonds. The molecule has 1 aromatic carbocycles. The van der Waals surface area contributed by atoms with E-state index in [4.69, 9.17) is 11.6 Å². The fourth-order valence-corrected chi connectivity index (χ4v) is 3.80. The lowest BCUT2D eigenvalue weighted by atomic mass is 10.2. The van der Waals surface area contributed by atoms with E-state index in [0.717, 1.165) is 24.4 Å². The first-order valence-electron chi connectivity index (χ1n) is 9.19. The standard InChI is InChI=1S/C19H17ClN8O/c20-15-14(10-25-28(19(15)29)13-4-2-1-3-5-13)26-6-8-27(9-7-26)18-16-17(22-11-21-16)23-12-24-18/h1-5,10-12H,6-9H2,(H,21,22,23,24). The van der Waals surface area contributed by atoms with Crippen molar-refractivity contribution in [2.75, 3.05) is 36.0 Å². The number of rotatable bonds is 3. The van der Waals surface area contributed by atoms with Gasteiger partial charge in [-0.1, -0.05) is 29.8 Å². The molecule has 0 unspecified atom stereocenters. The molecule has 0 bridgehead atoms. The normalized spacial score (nSPS) is 14.5. The van der Waals surface area contributed by atoms with E-state index >= 15 is 0 Å². The summed E-state index contributed by atoms with van der Waals surface area (Å²) in [6.45, 7) is 2.83. The maximum absolute atomic E-state index is 12.7. The SMILES string of the molecule is O=c1c(Cl)c(N2CCN(c3ncnc4nc[nH]c34)CC2)cnn1-c1ccccc1. The summed E-state index contributed by atoms with van der Waals surface area (Å²) < 4.78 is 1.32. The second kappa shape index (κ2) is 7.17. The van der Waals surface area contributed by atoms with Crippen LogP contribution < -0.4 is 15.4 Å². The summed E-state index contributed by atoms with van der Waals surface area (Å²) in [5, 5.41) is 4.50. The van der Waals surface area contributed by atoms with Crippen molar-refractivity contribution in [2.45, 2.75) is 0 Å². The largest absolute Gasteiger partial charge is 0.365 e. The molecule has 10 heteroatoms. The van der Waals surface area contributed by atoms with Gasteiger partial charge in [0.2, 0.25) is 0 Å². The molecule has 1 saturated heterocycles. The van der Waals surface area contributed by atoms with Gasteiger partial charge in [-0.15, -0.1) is 0 Å².